The summed E-state index contributed by atoms with van der Waals surface area (Å²) >= 11 is 0. The van der Waals surface area contributed by atoms with Gasteiger partial charge >= 0.3 is 0 Å². The van der Waals surface area contributed by atoms with Crippen LogP contribution in [0.2, 0.25) is 0 Å². The molecule has 38 heavy (non-hydrogen) atoms. The second-order valence-corrected chi connectivity index (χ2v) is 11.6. The fourth-order valence-electron chi connectivity index (χ4n) is 6.04. The predicted octanol–water partition coefficient (Wildman–Crippen LogP) is 6.61. The molecule has 2 aliphatic rings. The molecule has 1 N–H and O–H groups in total. The van der Waals surface area contributed by atoms with Gasteiger partial charge in [0.2, 0.25) is 5.91 Å². The van der Waals surface area contributed by atoms with Gasteiger partial charge in [0.25, 0.3) is 0 Å². The Labute approximate surface area is 225 Å². The number of nitrogens with one attached hydrogen (secondary N) is 1. The molecule has 2 heterocycles. The van der Waals surface area contributed by atoms with Crippen LogP contribution in [0.4, 0.5) is 5.69 Å². The Balaban J connectivity index is 1.23. The number of rotatable bonds is 8. The Hall–Kier alpha value is -3.70. The lowest BCUT2D eigenvalue weighted by atomic mass is 9.92. The summed E-state index contributed by atoms with van der Waals surface area (Å²) in [6.07, 6.45) is 6.06. The Bertz CT molecular complexity index is 1510. The Kier molecular flexibility index (Phi) is 6.19. The van der Waals surface area contributed by atoms with E-state index in [1.165, 1.54) is 16.7 Å². The smallest absolute Gasteiger partial charge is 0.238 e. The number of fused-ring (bicyclic) bond motifs is 3. The van der Waals surface area contributed by atoms with Crippen LogP contribution >= 0.6 is 0 Å². The largest absolute Gasteiger partial charge is 0.311 e. The maximum absolute atomic E-state index is 13.8. The predicted molar refractivity (Wildman–Crippen MR) is 156 cm³/mol. The number of hydrogen-bond acceptors (Lipinski definition) is 3. The van der Waals surface area contributed by atoms with E-state index < -0.39 is 5.41 Å². The highest BCUT2D eigenvalue weighted by molar-refractivity contribution is 6.11. The molecule has 5 heteroatoms. The lowest BCUT2D eigenvalue weighted by molar-refractivity contribution is -0.120. The number of nitrogens with zero attached hydrogens (tertiary/aromatic N) is 3. The van der Waals surface area contributed by atoms with Crippen LogP contribution in [0.5, 0.6) is 0 Å². The minimum Gasteiger partial charge on any atom is -0.311 e. The van der Waals surface area contributed by atoms with Crippen molar-refractivity contribution in [3.8, 4) is 0 Å². The summed E-state index contributed by atoms with van der Waals surface area (Å²) < 4.78 is 0. The molecule has 0 saturated heterocycles. The minimum atomic E-state index is -0.414. The van der Waals surface area contributed by atoms with Crippen molar-refractivity contribution in [1.82, 2.24) is 15.1 Å². The van der Waals surface area contributed by atoms with Crippen LogP contribution < -0.4 is 4.90 Å². The summed E-state index contributed by atoms with van der Waals surface area (Å²) in [5.74, 6) is 1.04. The number of aromatic nitrogens is 2. The van der Waals surface area contributed by atoms with Crippen LogP contribution in [-0.4, -0.2) is 41.6 Å². The molecule has 1 spiro atoms. The molecule has 0 bridgehead atoms. The fraction of sp³-hybridized carbons (Fsp3) is 0.333. The maximum Gasteiger partial charge on any atom is 0.238 e. The van der Waals surface area contributed by atoms with Crippen LogP contribution in [0.3, 0.4) is 0 Å². The Morgan fingerprint density at radius 3 is 2.63 bits per heavy atom. The van der Waals surface area contributed by atoms with Gasteiger partial charge in [-0.3, -0.25) is 9.89 Å². The number of benzene rings is 3. The van der Waals surface area contributed by atoms with Gasteiger partial charge in [0.05, 0.1) is 16.6 Å². The van der Waals surface area contributed by atoms with E-state index in [0.29, 0.717) is 5.92 Å². The first-order valence-electron chi connectivity index (χ1n) is 13.7. The second-order valence-electron chi connectivity index (χ2n) is 11.6. The van der Waals surface area contributed by atoms with Gasteiger partial charge in [0, 0.05) is 30.1 Å². The summed E-state index contributed by atoms with van der Waals surface area (Å²) in [5, 5.41) is 8.91. The van der Waals surface area contributed by atoms with Crippen molar-refractivity contribution < 1.29 is 4.79 Å². The molecule has 0 radical (unpaired) electrons. The van der Waals surface area contributed by atoms with Crippen molar-refractivity contribution in [1.29, 1.82) is 0 Å². The number of amides is 1. The summed E-state index contributed by atoms with van der Waals surface area (Å²) in [6, 6.07) is 23.6. The van der Waals surface area contributed by atoms with Gasteiger partial charge in [-0.25, -0.2) is 0 Å². The van der Waals surface area contributed by atoms with Gasteiger partial charge in [-0.15, -0.1) is 0 Å². The van der Waals surface area contributed by atoms with Crippen LogP contribution in [0.25, 0.3) is 23.1 Å². The monoisotopic (exact) mass is 504 g/mol. The number of H-pyrrole nitrogens is 1. The molecule has 1 aliphatic heterocycles. The molecule has 1 fully saturated rings. The van der Waals surface area contributed by atoms with E-state index in [0.717, 1.165) is 53.8 Å². The van der Waals surface area contributed by atoms with E-state index in [1.807, 2.05) is 4.90 Å². The fourth-order valence-corrected chi connectivity index (χ4v) is 6.04. The highest BCUT2D eigenvalue weighted by Gasteiger charge is 2.67. The molecule has 194 valence electrons. The van der Waals surface area contributed by atoms with E-state index in [1.54, 1.807) is 0 Å². The van der Waals surface area contributed by atoms with Crippen molar-refractivity contribution in [3.63, 3.8) is 0 Å². The zero-order valence-corrected chi connectivity index (χ0v) is 22.7. The molecular weight excluding hydrogens is 468 g/mol. The van der Waals surface area contributed by atoms with Gasteiger partial charge in [0.15, 0.2) is 0 Å². The standard InChI is InChI=1S/C33H36N4O/c1-22(2)17-18-37-31-8-6-5-7-27(31)33(32(37)38)20-28(33)25-14-15-26-29(34-35-30(26)19-25)16-13-23-9-11-24(12-10-23)21-36(3)4/h5-16,19,22,28H,17-18,20-21H2,1-4H3,(H,34,35)/b16-13+/t28-,33-/m0/s1. The third kappa shape index (κ3) is 4.25. The van der Waals surface area contributed by atoms with Crippen molar-refractivity contribution in [3.05, 3.63) is 94.7 Å². The average Bonchev–Trinajstić information content (AvgIpc) is 3.46. The molecule has 2 atom stereocenters. The van der Waals surface area contributed by atoms with Crippen molar-refractivity contribution >= 4 is 34.6 Å². The van der Waals surface area contributed by atoms with Crippen LogP contribution in [0, 0.1) is 5.92 Å². The number of anilines is 1. The molecular formula is C33H36N4O. The molecule has 6 rings (SSSR count). The second kappa shape index (κ2) is 9.55. The lowest BCUT2D eigenvalue weighted by Gasteiger charge is -2.19. The molecule has 3 aromatic carbocycles. The van der Waals surface area contributed by atoms with Gasteiger partial charge < -0.3 is 9.80 Å². The zero-order valence-electron chi connectivity index (χ0n) is 22.7. The molecule has 1 aromatic heterocycles. The first kappa shape index (κ1) is 24.6. The Morgan fingerprint density at radius 2 is 1.87 bits per heavy atom. The average molecular weight is 505 g/mol. The van der Waals surface area contributed by atoms with E-state index >= 15 is 0 Å². The normalized spacial score (nSPS) is 20.5. The molecule has 1 aliphatic carbocycles. The minimum absolute atomic E-state index is 0.201. The van der Waals surface area contributed by atoms with Gasteiger partial charge in [-0.05, 0) is 73.3 Å². The topological polar surface area (TPSA) is 52.2 Å². The Morgan fingerprint density at radius 1 is 1.08 bits per heavy atom. The van der Waals surface area contributed by atoms with Crippen LogP contribution in [0.1, 0.15) is 60.6 Å². The van der Waals surface area contributed by atoms with Gasteiger partial charge in [-0.1, -0.05) is 74.5 Å². The summed E-state index contributed by atoms with van der Waals surface area (Å²) in [4.78, 5) is 18.0. The van der Waals surface area contributed by atoms with Gasteiger partial charge in [-0.2, -0.15) is 5.10 Å². The number of aromatic amines is 1. The maximum atomic E-state index is 13.8. The van der Waals surface area contributed by atoms with Crippen molar-refractivity contribution in [2.75, 3.05) is 25.5 Å². The van der Waals surface area contributed by atoms with Gasteiger partial charge in [0.1, 0.15) is 0 Å². The SMILES string of the molecule is CC(C)CCN1C(=O)[C@@]2(C[C@H]2c2ccc3c(/C=C/c4ccc(CN(C)C)cc4)n[nH]c3c2)c2ccccc21. The first-order valence-corrected chi connectivity index (χ1v) is 13.7. The first-order chi connectivity index (χ1) is 18.4. The lowest BCUT2D eigenvalue weighted by Crippen LogP contribution is -2.34. The number of carbonyl (C=O) groups is 1. The number of hydrogen-bond donors (Lipinski definition) is 1. The summed E-state index contributed by atoms with van der Waals surface area (Å²) in [7, 11) is 4.16. The van der Waals surface area contributed by atoms with Crippen LogP contribution in [0.15, 0.2) is 66.7 Å². The van der Waals surface area contributed by atoms with Crippen molar-refractivity contribution in [2.24, 2.45) is 5.92 Å². The molecule has 1 amide bonds. The van der Waals surface area contributed by atoms with E-state index in [2.05, 4.69) is 122 Å². The van der Waals surface area contributed by atoms with Crippen molar-refractivity contribution in [2.45, 2.75) is 44.6 Å². The highest BCUT2D eigenvalue weighted by Crippen LogP contribution is 2.66. The quantitative estimate of drug-likeness (QED) is 0.294. The molecule has 4 aromatic rings. The van der Waals surface area contributed by atoms with E-state index in [9.17, 15) is 4.79 Å². The number of carbonyl (C=O) groups excluding carboxylic acids is 1. The van der Waals surface area contributed by atoms with E-state index in [-0.39, 0.29) is 11.8 Å². The zero-order chi connectivity index (χ0) is 26.4. The third-order valence-electron chi connectivity index (χ3n) is 8.12. The van der Waals surface area contributed by atoms with Crippen LogP contribution in [-0.2, 0) is 16.8 Å². The van der Waals surface area contributed by atoms with E-state index in [4.69, 9.17) is 0 Å². The summed E-state index contributed by atoms with van der Waals surface area (Å²) in [6.45, 7) is 6.15. The molecule has 1 saturated carbocycles. The molecule has 0 unspecified atom stereocenters. The molecule has 5 nitrogen and oxygen atoms in total. The third-order valence-corrected chi connectivity index (χ3v) is 8.12. The number of para-hydroxylation sites is 1. The highest BCUT2D eigenvalue weighted by atomic mass is 16.2. The summed E-state index contributed by atoms with van der Waals surface area (Å²) in [5.41, 5.74) is 7.49.